The van der Waals surface area contributed by atoms with Crippen molar-refractivity contribution in [2.75, 3.05) is 13.6 Å². The van der Waals surface area contributed by atoms with Crippen LogP contribution in [0.25, 0.3) is 0 Å². The average molecular weight is 285 g/mol. The number of benzene rings is 1. The van der Waals surface area contributed by atoms with E-state index < -0.39 is 5.54 Å². The van der Waals surface area contributed by atoms with Crippen LogP contribution in [0.2, 0.25) is 0 Å². The summed E-state index contributed by atoms with van der Waals surface area (Å²) in [4.78, 5) is 30.8. The molecule has 0 bridgehead atoms. The van der Waals surface area contributed by atoms with Crippen LogP contribution in [0.3, 0.4) is 0 Å². The Bertz CT molecular complexity index is 653. The highest BCUT2D eigenvalue weighted by Gasteiger charge is 2.52. The fourth-order valence-electron chi connectivity index (χ4n) is 3.41. The fraction of sp³-hybridized carbons (Fsp3) is 0.438. The lowest BCUT2D eigenvalue weighted by molar-refractivity contribution is -0.123. The van der Waals surface area contributed by atoms with E-state index in [1.165, 1.54) is 6.92 Å². The molecule has 0 spiro atoms. The number of hydrogen-bond donors (Lipinski definition) is 1. The minimum absolute atomic E-state index is 0.0534. The monoisotopic (exact) mass is 285 g/mol. The van der Waals surface area contributed by atoms with E-state index in [1.807, 2.05) is 18.2 Å². The van der Waals surface area contributed by atoms with Crippen LogP contribution in [0.5, 0.6) is 0 Å². The lowest BCUT2D eigenvalue weighted by Crippen LogP contribution is -2.65. The van der Waals surface area contributed by atoms with Gasteiger partial charge in [-0.3, -0.25) is 9.79 Å². The molecule has 2 aliphatic rings. The van der Waals surface area contributed by atoms with E-state index in [9.17, 15) is 9.59 Å². The molecule has 5 nitrogen and oxygen atoms in total. The van der Waals surface area contributed by atoms with Gasteiger partial charge in [0.1, 0.15) is 5.54 Å². The number of aliphatic imine (C=N–C) groups is 1. The molecule has 2 aliphatic heterocycles. The Labute approximate surface area is 124 Å². The number of piperidine rings is 1. The van der Waals surface area contributed by atoms with Gasteiger partial charge in [0.15, 0.2) is 5.78 Å². The normalized spacial score (nSPS) is 26.7. The van der Waals surface area contributed by atoms with Crippen LogP contribution in [0.1, 0.15) is 31.7 Å². The molecule has 1 N–H and O–H groups in total. The molecule has 2 amide bonds. The minimum atomic E-state index is -0.970. The van der Waals surface area contributed by atoms with Gasteiger partial charge < -0.3 is 10.2 Å². The number of hydrogen-bond acceptors (Lipinski definition) is 3. The van der Waals surface area contributed by atoms with Gasteiger partial charge in [0.2, 0.25) is 0 Å². The molecule has 1 fully saturated rings. The van der Waals surface area contributed by atoms with Crippen molar-refractivity contribution in [3.63, 3.8) is 0 Å². The minimum Gasteiger partial charge on any atom is -0.341 e. The molecular weight excluding hydrogens is 266 g/mol. The third-order valence-electron chi connectivity index (χ3n) is 4.71. The Morgan fingerprint density at radius 2 is 2.10 bits per heavy atom. The molecule has 2 atom stereocenters. The lowest BCUT2D eigenvalue weighted by atomic mass is 9.75. The van der Waals surface area contributed by atoms with Gasteiger partial charge in [-0.2, -0.15) is 0 Å². The predicted octanol–water partition coefficient (Wildman–Crippen LogP) is 2.25. The number of nitrogens with zero attached hydrogens (tertiary/aromatic N) is 2. The zero-order valence-electron chi connectivity index (χ0n) is 12.5. The van der Waals surface area contributed by atoms with Crippen LogP contribution in [0.4, 0.5) is 10.5 Å². The van der Waals surface area contributed by atoms with Crippen LogP contribution in [0, 0.1) is 0 Å². The highest BCUT2D eigenvalue weighted by atomic mass is 16.2. The molecule has 0 aliphatic carbocycles. The third kappa shape index (κ3) is 1.80. The molecule has 3 rings (SSSR count). The molecule has 21 heavy (non-hydrogen) atoms. The van der Waals surface area contributed by atoms with Crippen molar-refractivity contribution in [2.45, 2.75) is 31.7 Å². The summed E-state index contributed by atoms with van der Waals surface area (Å²) in [5.74, 6) is 0.0818. The number of para-hydroxylation sites is 1. The molecule has 0 aromatic heterocycles. The van der Waals surface area contributed by atoms with E-state index >= 15 is 0 Å². The molecule has 2 unspecified atom stereocenters. The molecule has 5 heteroatoms. The second-order valence-corrected chi connectivity index (χ2v) is 5.73. The number of carbonyl (C=O) groups is 2. The number of rotatable bonds is 1. The smallest absolute Gasteiger partial charge is 0.318 e. The summed E-state index contributed by atoms with van der Waals surface area (Å²) >= 11 is 0. The first kappa shape index (κ1) is 13.8. The number of ketones is 1. The molecule has 1 aromatic rings. The van der Waals surface area contributed by atoms with Crippen LogP contribution < -0.4 is 5.32 Å². The zero-order valence-corrected chi connectivity index (χ0v) is 12.5. The van der Waals surface area contributed by atoms with Crippen molar-refractivity contribution in [1.82, 2.24) is 10.2 Å². The second-order valence-electron chi connectivity index (χ2n) is 5.73. The van der Waals surface area contributed by atoms with Crippen LogP contribution in [-0.4, -0.2) is 41.6 Å². The topological polar surface area (TPSA) is 61.8 Å². The first-order valence-corrected chi connectivity index (χ1v) is 7.18. The Morgan fingerprint density at radius 3 is 2.76 bits per heavy atom. The molecular formula is C16H19N3O2. The first-order chi connectivity index (χ1) is 10.00. The van der Waals surface area contributed by atoms with Gasteiger partial charge in [-0.05, 0) is 31.9 Å². The molecule has 110 valence electrons. The number of carbonyl (C=O) groups excluding carboxylic acids is 2. The average Bonchev–Trinajstić information content (AvgIpc) is 2.86. The van der Waals surface area contributed by atoms with E-state index in [2.05, 4.69) is 16.4 Å². The van der Waals surface area contributed by atoms with Gasteiger partial charge in [0, 0.05) is 19.5 Å². The summed E-state index contributed by atoms with van der Waals surface area (Å²) in [6.45, 7) is 3.89. The van der Waals surface area contributed by atoms with Crippen LogP contribution in [-0.2, 0) is 4.79 Å². The first-order valence-electron chi connectivity index (χ1n) is 7.18. The van der Waals surface area contributed by atoms with Crippen molar-refractivity contribution >= 4 is 23.2 Å². The van der Waals surface area contributed by atoms with Crippen molar-refractivity contribution in [3.8, 4) is 0 Å². The Balaban J connectivity index is 2.11. The summed E-state index contributed by atoms with van der Waals surface area (Å²) in [6, 6.07) is 7.73. The van der Waals surface area contributed by atoms with Gasteiger partial charge >= 0.3 is 6.03 Å². The van der Waals surface area contributed by atoms with Gasteiger partial charge in [0.25, 0.3) is 0 Å². The molecule has 0 radical (unpaired) electrons. The van der Waals surface area contributed by atoms with Gasteiger partial charge in [-0.25, -0.2) is 4.79 Å². The summed E-state index contributed by atoms with van der Waals surface area (Å²) in [7, 11) is 1.58. The number of amides is 2. The van der Waals surface area contributed by atoms with Gasteiger partial charge in [0.05, 0.1) is 11.4 Å². The zero-order chi connectivity index (χ0) is 15.2. The second kappa shape index (κ2) is 4.69. The summed E-state index contributed by atoms with van der Waals surface area (Å²) in [6.07, 6.45) is 0.798. The molecule has 0 saturated carbocycles. The Morgan fingerprint density at radius 1 is 1.38 bits per heavy atom. The maximum atomic E-state index is 12.3. The SMILES string of the molecule is CNC(=O)N1CCC2C(=Nc3ccccc32)C1(C)C(C)=O. The summed E-state index contributed by atoms with van der Waals surface area (Å²) in [5, 5.41) is 2.63. The Hall–Kier alpha value is -2.17. The van der Waals surface area contributed by atoms with E-state index in [0.717, 1.165) is 23.4 Å². The molecule has 1 aromatic carbocycles. The standard InChI is InChI=1S/C16H19N3O2/c1-10(20)16(2)14-12(8-9-19(16)15(21)17-3)11-6-4-5-7-13(11)18-14/h4-7,12H,8-9H2,1-3H3,(H,17,21). The van der Waals surface area contributed by atoms with E-state index in [1.54, 1.807) is 18.9 Å². The van der Waals surface area contributed by atoms with Crippen molar-refractivity contribution in [1.29, 1.82) is 0 Å². The molecule has 1 saturated heterocycles. The van der Waals surface area contributed by atoms with Crippen molar-refractivity contribution in [2.24, 2.45) is 4.99 Å². The van der Waals surface area contributed by atoms with Crippen molar-refractivity contribution < 1.29 is 9.59 Å². The third-order valence-corrected chi connectivity index (χ3v) is 4.71. The fourth-order valence-corrected chi connectivity index (χ4v) is 3.41. The number of Topliss-reactive ketones (excluding diaryl/α,β-unsaturated/α-hetero) is 1. The van der Waals surface area contributed by atoms with Crippen molar-refractivity contribution in [3.05, 3.63) is 29.8 Å². The number of fused-ring (bicyclic) bond motifs is 3. The maximum absolute atomic E-state index is 12.3. The lowest BCUT2D eigenvalue weighted by Gasteiger charge is -2.45. The summed E-state index contributed by atoms with van der Waals surface area (Å²) < 4.78 is 0. The van der Waals surface area contributed by atoms with Gasteiger partial charge in [-0.15, -0.1) is 0 Å². The number of nitrogens with one attached hydrogen (secondary N) is 1. The van der Waals surface area contributed by atoms with Gasteiger partial charge in [-0.1, -0.05) is 18.2 Å². The maximum Gasteiger partial charge on any atom is 0.318 e. The van der Waals surface area contributed by atoms with E-state index in [4.69, 9.17) is 0 Å². The highest BCUT2D eigenvalue weighted by molar-refractivity contribution is 6.20. The predicted molar refractivity (Wildman–Crippen MR) is 81.1 cm³/mol. The number of urea groups is 1. The van der Waals surface area contributed by atoms with E-state index in [0.29, 0.717) is 6.54 Å². The van der Waals surface area contributed by atoms with Crippen LogP contribution in [0.15, 0.2) is 29.3 Å². The molecule has 2 heterocycles. The Kier molecular flexibility index (Phi) is 3.08. The van der Waals surface area contributed by atoms with E-state index in [-0.39, 0.29) is 17.7 Å². The largest absolute Gasteiger partial charge is 0.341 e. The summed E-state index contributed by atoms with van der Waals surface area (Å²) in [5.41, 5.74) is 1.91. The quantitative estimate of drug-likeness (QED) is 0.860. The highest BCUT2D eigenvalue weighted by Crippen LogP contribution is 2.45. The number of likely N-dealkylation sites (tertiary alicyclic amines) is 1. The van der Waals surface area contributed by atoms with Crippen LogP contribution >= 0.6 is 0 Å².